The van der Waals surface area contributed by atoms with Gasteiger partial charge >= 0.3 is 0 Å². The van der Waals surface area contributed by atoms with E-state index >= 15 is 0 Å². The van der Waals surface area contributed by atoms with Crippen LogP contribution in [-0.2, 0) is 13.6 Å². The number of anilines is 1. The Hall–Kier alpha value is -2.61. The van der Waals surface area contributed by atoms with Crippen LogP contribution >= 0.6 is 0 Å². The summed E-state index contributed by atoms with van der Waals surface area (Å²) < 4.78 is 1.75. The zero-order chi connectivity index (χ0) is 20.3. The lowest BCUT2D eigenvalue weighted by molar-refractivity contribution is 0.253. The second-order valence-electron chi connectivity index (χ2n) is 7.29. The van der Waals surface area contributed by atoms with Gasteiger partial charge in [0.15, 0.2) is 5.96 Å². The molecule has 0 bridgehead atoms. The fourth-order valence-corrected chi connectivity index (χ4v) is 3.49. The summed E-state index contributed by atoms with van der Waals surface area (Å²) in [6.07, 6.45) is 3.89. The van der Waals surface area contributed by atoms with Crippen molar-refractivity contribution < 1.29 is 0 Å². The van der Waals surface area contributed by atoms with Crippen molar-refractivity contribution in [2.45, 2.75) is 26.3 Å². The zero-order valence-corrected chi connectivity index (χ0v) is 17.7. The van der Waals surface area contributed by atoms with Gasteiger partial charge in [-0.05, 0) is 38.4 Å². The van der Waals surface area contributed by atoms with Crippen molar-refractivity contribution in [2.24, 2.45) is 12.0 Å². The molecule has 1 aliphatic heterocycles. The minimum Gasteiger partial charge on any atom is -0.369 e. The quantitative estimate of drug-likeness (QED) is 0.379. The van der Waals surface area contributed by atoms with Gasteiger partial charge < -0.3 is 15.5 Å². The molecule has 158 valence electrons. The lowest BCUT2D eigenvalue weighted by atomic mass is 10.2. The Labute approximate surface area is 174 Å². The van der Waals surface area contributed by atoms with Gasteiger partial charge in [0.2, 0.25) is 0 Å². The summed E-state index contributed by atoms with van der Waals surface area (Å²) in [5.74, 6) is 1.70. The summed E-state index contributed by atoms with van der Waals surface area (Å²) in [7, 11) is 1.89. The number of hydrogen-bond acceptors (Lipinski definition) is 5. The first-order valence-corrected chi connectivity index (χ1v) is 10.6. The molecule has 2 N–H and O–H groups in total. The Kier molecular flexibility index (Phi) is 8.30. The number of nitrogens with one attached hydrogen (secondary N) is 2. The van der Waals surface area contributed by atoms with E-state index < -0.39 is 0 Å². The molecule has 1 saturated heterocycles. The molecule has 0 unspecified atom stereocenters. The average molecular weight is 399 g/mol. The van der Waals surface area contributed by atoms with Crippen molar-refractivity contribution in [3.8, 4) is 0 Å². The molecule has 1 aliphatic rings. The maximum atomic E-state index is 4.60. The third kappa shape index (κ3) is 6.74. The molecule has 2 heterocycles. The number of para-hydroxylation sites is 1. The Balaban J connectivity index is 1.31. The van der Waals surface area contributed by atoms with Crippen molar-refractivity contribution >= 4 is 11.6 Å². The molecular formula is C21H34N8. The highest BCUT2D eigenvalue weighted by atomic mass is 15.3. The second-order valence-corrected chi connectivity index (χ2v) is 7.29. The van der Waals surface area contributed by atoms with Crippen LogP contribution in [0.15, 0.2) is 41.7 Å². The van der Waals surface area contributed by atoms with Crippen LogP contribution < -0.4 is 15.5 Å². The molecule has 0 saturated carbocycles. The molecule has 3 rings (SSSR count). The summed E-state index contributed by atoms with van der Waals surface area (Å²) in [5, 5.41) is 10.8. The topological polar surface area (TPSA) is 73.6 Å². The molecule has 2 aromatic rings. The Bertz CT molecular complexity index is 734. The molecule has 1 aromatic carbocycles. The van der Waals surface area contributed by atoms with Gasteiger partial charge in [0, 0.05) is 52.0 Å². The highest BCUT2D eigenvalue weighted by Crippen LogP contribution is 2.15. The van der Waals surface area contributed by atoms with Crippen LogP contribution in [0.2, 0.25) is 0 Å². The normalized spacial score (nSPS) is 15.5. The van der Waals surface area contributed by atoms with E-state index in [4.69, 9.17) is 0 Å². The number of hydrogen-bond donors (Lipinski definition) is 2. The van der Waals surface area contributed by atoms with Crippen molar-refractivity contribution in [3.63, 3.8) is 0 Å². The number of piperazine rings is 1. The van der Waals surface area contributed by atoms with Gasteiger partial charge in [-0.25, -0.2) is 9.98 Å². The van der Waals surface area contributed by atoms with Crippen LogP contribution in [-0.4, -0.2) is 71.4 Å². The van der Waals surface area contributed by atoms with Gasteiger partial charge in [-0.2, -0.15) is 5.10 Å². The monoisotopic (exact) mass is 398 g/mol. The Morgan fingerprint density at radius 2 is 1.86 bits per heavy atom. The first-order valence-electron chi connectivity index (χ1n) is 10.6. The molecule has 0 atom stereocenters. The molecule has 29 heavy (non-hydrogen) atoms. The van der Waals surface area contributed by atoms with E-state index in [2.05, 4.69) is 72.8 Å². The fraction of sp³-hybridized carbons (Fsp3) is 0.571. The van der Waals surface area contributed by atoms with Crippen molar-refractivity contribution in [2.75, 3.05) is 50.7 Å². The molecule has 0 spiro atoms. The van der Waals surface area contributed by atoms with E-state index in [9.17, 15) is 0 Å². The molecular weight excluding hydrogens is 364 g/mol. The smallest absolute Gasteiger partial charge is 0.191 e. The van der Waals surface area contributed by atoms with Gasteiger partial charge in [-0.15, -0.1) is 0 Å². The van der Waals surface area contributed by atoms with Gasteiger partial charge in [0.05, 0.1) is 0 Å². The summed E-state index contributed by atoms with van der Waals surface area (Å²) in [6, 6.07) is 10.7. The van der Waals surface area contributed by atoms with Crippen LogP contribution in [0.25, 0.3) is 0 Å². The van der Waals surface area contributed by atoms with E-state index in [1.807, 2.05) is 7.05 Å². The molecule has 8 nitrogen and oxygen atoms in total. The fourth-order valence-electron chi connectivity index (χ4n) is 3.49. The first kappa shape index (κ1) is 21.1. The summed E-state index contributed by atoms with van der Waals surface area (Å²) in [4.78, 5) is 13.9. The van der Waals surface area contributed by atoms with Crippen LogP contribution in [0.3, 0.4) is 0 Å². The minimum absolute atomic E-state index is 0.525. The van der Waals surface area contributed by atoms with Gasteiger partial charge in [0.25, 0.3) is 0 Å². The van der Waals surface area contributed by atoms with Gasteiger partial charge in [-0.1, -0.05) is 18.2 Å². The number of rotatable bonds is 9. The SMILES string of the molecule is CCNC(=NCc1ncnn1C)NCCCCN1CCN(c2ccccc2)CC1. The molecule has 1 fully saturated rings. The number of aryl methyl sites for hydroxylation is 1. The summed E-state index contributed by atoms with van der Waals surface area (Å²) in [6.45, 7) is 10.0. The van der Waals surface area contributed by atoms with E-state index in [1.54, 1.807) is 11.0 Å². The number of aromatic nitrogens is 3. The lowest BCUT2D eigenvalue weighted by Gasteiger charge is -2.36. The van der Waals surface area contributed by atoms with Gasteiger partial charge in [-0.3, -0.25) is 9.58 Å². The molecule has 0 radical (unpaired) electrons. The van der Waals surface area contributed by atoms with E-state index in [0.29, 0.717) is 6.54 Å². The van der Waals surface area contributed by atoms with E-state index in [0.717, 1.165) is 64.0 Å². The number of guanidine groups is 1. The zero-order valence-electron chi connectivity index (χ0n) is 17.7. The van der Waals surface area contributed by atoms with Gasteiger partial charge in [0.1, 0.15) is 18.7 Å². The van der Waals surface area contributed by atoms with Crippen LogP contribution in [0.4, 0.5) is 5.69 Å². The predicted octanol–water partition coefficient (Wildman–Crippen LogP) is 1.47. The molecule has 8 heteroatoms. The average Bonchev–Trinajstić information content (AvgIpc) is 3.17. The van der Waals surface area contributed by atoms with Crippen molar-refractivity contribution in [3.05, 3.63) is 42.5 Å². The largest absolute Gasteiger partial charge is 0.369 e. The number of benzene rings is 1. The van der Waals surface area contributed by atoms with Crippen LogP contribution in [0.1, 0.15) is 25.6 Å². The number of unbranched alkanes of at least 4 members (excludes halogenated alkanes) is 1. The highest BCUT2D eigenvalue weighted by Gasteiger charge is 2.16. The Morgan fingerprint density at radius 3 is 2.55 bits per heavy atom. The lowest BCUT2D eigenvalue weighted by Crippen LogP contribution is -2.46. The number of aliphatic imine (C=N–C) groups is 1. The second kappa shape index (κ2) is 11.4. The summed E-state index contributed by atoms with van der Waals surface area (Å²) >= 11 is 0. The maximum absolute atomic E-state index is 4.60. The minimum atomic E-state index is 0.525. The Morgan fingerprint density at radius 1 is 1.07 bits per heavy atom. The third-order valence-electron chi connectivity index (χ3n) is 5.22. The van der Waals surface area contributed by atoms with Crippen molar-refractivity contribution in [1.82, 2.24) is 30.3 Å². The summed E-state index contributed by atoms with van der Waals surface area (Å²) in [5.41, 5.74) is 1.34. The third-order valence-corrected chi connectivity index (χ3v) is 5.22. The van der Waals surface area contributed by atoms with Crippen molar-refractivity contribution in [1.29, 1.82) is 0 Å². The molecule has 0 aliphatic carbocycles. The van der Waals surface area contributed by atoms with Crippen LogP contribution in [0.5, 0.6) is 0 Å². The predicted molar refractivity (Wildman–Crippen MR) is 118 cm³/mol. The number of nitrogens with zero attached hydrogens (tertiary/aromatic N) is 6. The maximum Gasteiger partial charge on any atom is 0.191 e. The van der Waals surface area contributed by atoms with E-state index in [1.165, 1.54) is 12.1 Å². The van der Waals surface area contributed by atoms with Crippen LogP contribution in [0, 0.1) is 0 Å². The highest BCUT2D eigenvalue weighted by molar-refractivity contribution is 5.79. The standard InChI is InChI=1S/C21H34N8/c1-3-22-21(24-17-20-25-18-26-27(20)2)23-11-7-8-12-28-13-15-29(16-14-28)19-9-5-4-6-10-19/h4-6,9-10,18H,3,7-8,11-17H2,1-2H3,(H2,22,23,24). The van der Waals surface area contributed by atoms with E-state index in [-0.39, 0.29) is 0 Å². The first-order chi connectivity index (χ1) is 14.3. The molecule has 0 amide bonds. The molecule has 1 aromatic heterocycles.